The van der Waals surface area contributed by atoms with E-state index < -0.39 is 22.6 Å². The van der Waals surface area contributed by atoms with Gasteiger partial charge in [0.1, 0.15) is 5.54 Å². The van der Waals surface area contributed by atoms with E-state index in [2.05, 4.69) is 15.4 Å². The van der Waals surface area contributed by atoms with Crippen molar-refractivity contribution in [3.63, 3.8) is 0 Å². The number of amides is 1. The van der Waals surface area contributed by atoms with Crippen LogP contribution in [0, 0.1) is 0 Å². The fourth-order valence-corrected chi connectivity index (χ4v) is 2.16. The molecule has 9 heteroatoms. The van der Waals surface area contributed by atoms with Crippen molar-refractivity contribution in [1.29, 1.82) is 0 Å². The van der Waals surface area contributed by atoms with Crippen molar-refractivity contribution < 1.29 is 4.79 Å². The molecular weight excluding hydrogens is 258 g/mol. The Bertz CT molecular complexity index is 566. The van der Waals surface area contributed by atoms with Crippen molar-refractivity contribution in [2.24, 2.45) is 12.8 Å². The normalized spacial score (nSPS) is 14.2. The summed E-state index contributed by atoms with van der Waals surface area (Å²) in [6.45, 7) is 1.64. The summed E-state index contributed by atoms with van der Waals surface area (Å²) in [5, 5.41) is 5.44. The Morgan fingerprint density at radius 1 is 1.61 bits per heavy atom. The van der Waals surface area contributed by atoms with E-state index in [1.54, 1.807) is 21.0 Å². The number of aromatic nitrogens is 3. The molecule has 0 aliphatic carbocycles. The third-order valence-electron chi connectivity index (χ3n) is 2.53. The lowest BCUT2D eigenvalue weighted by atomic mass is 10.1. The van der Waals surface area contributed by atoms with Gasteiger partial charge in [-0.1, -0.05) is 11.8 Å². The molecule has 1 aromatic rings. The molecule has 0 aliphatic rings. The number of aromatic amines is 1. The molecule has 0 fully saturated rings. The summed E-state index contributed by atoms with van der Waals surface area (Å²) in [5.41, 5.74) is 2.71. The first kappa shape index (κ1) is 14.5. The summed E-state index contributed by atoms with van der Waals surface area (Å²) in [6, 6.07) is 0. The average molecular weight is 273 g/mol. The fourth-order valence-electron chi connectivity index (χ4n) is 1.07. The van der Waals surface area contributed by atoms with Crippen LogP contribution in [0.15, 0.2) is 14.7 Å². The highest BCUT2D eigenvalue weighted by Crippen LogP contribution is 2.18. The quantitative estimate of drug-likeness (QED) is 0.422. The third-order valence-corrected chi connectivity index (χ3v) is 3.88. The molecule has 1 aromatic heterocycles. The molecular formula is C9H15N5O3S. The first-order chi connectivity index (χ1) is 8.30. The van der Waals surface area contributed by atoms with Gasteiger partial charge in [0.05, 0.1) is 0 Å². The van der Waals surface area contributed by atoms with Gasteiger partial charge in [-0.3, -0.25) is 24.2 Å². The summed E-state index contributed by atoms with van der Waals surface area (Å²) in [4.78, 5) is 37.0. The lowest BCUT2D eigenvalue weighted by Gasteiger charge is -2.24. The van der Waals surface area contributed by atoms with Crippen LogP contribution in [0.1, 0.15) is 6.92 Å². The van der Waals surface area contributed by atoms with Crippen LogP contribution < -0.4 is 22.2 Å². The number of likely N-dealkylation sites (N-methyl/N-ethyl adjacent to an activating group) is 1. The number of thioether (sulfide) groups is 1. The van der Waals surface area contributed by atoms with Crippen molar-refractivity contribution in [3.8, 4) is 0 Å². The molecule has 0 bridgehead atoms. The molecule has 0 saturated heterocycles. The van der Waals surface area contributed by atoms with E-state index in [0.29, 0.717) is 5.16 Å². The Morgan fingerprint density at radius 3 is 2.72 bits per heavy atom. The monoisotopic (exact) mass is 273 g/mol. The molecule has 1 amide bonds. The predicted molar refractivity (Wildman–Crippen MR) is 67.5 cm³/mol. The van der Waals surface area contributed by atoms with Gasteiger partial charge in [-0.05, 0) is 14.0 Å². The van der Waals surface area contributed by atoms with Gasteiger partial charge in [0, 0.05) is 12.8 Å². The Hall–Kier alpha value is -1.61. The SMILES string of the molecule is CNC(C)(CSc1nc(=O)c(=O)[nH]n1C)C(N)=O. The van der Waals surface area contributed by atoms with Gasteiger partial charge >= 0.3 is 11.1 Å². The van der Waals surface area contributed by atoms with Gasteiger partial charge in [-0.2, -0.15) is 4.98 Å². The van der Waals surface area contributed by atoms with Crippen LogP contribution in [-0.2, 0) is 11.8 Å². The highest BCUT2D eigenvalue weighted by molar-refractivity contribution is 7.99. The van der Waals surface area contributed by atoms with Crippen LogP contribution in [0.2, 0.25) is 0 Å². The molecule has 100 valence electrons. The Labute approximate surface area is 107 Å². The number of aryl methyl sites for hydroxylation is 1. The van der Waals surface area contributed by atoms with E-state index in [4.69, 9.17) is 5.73 Å². The molecule has 0 radical (unpaired) electrons. The number of primary amides is 1. The van der Waals surface area contributed by atoms with Gasteiger partial charge in [0.25, 0.3) is 0 Å². The molecule has 1 atom stereocenters. The van der Waals surface area contributed by atoms with Crippen molar-refractivity contribution in [2.75, 3.05) is 12.8 Å². The van der Waals surface area contributed by atoms with Crippen molar-refractivity contribution in [2.45, 2.75) is 17.6 Å². The van der Waals surface area contributed by atoms with E-state index in [1.165, 1.54) is 4.68 Å². The topological polar surface area (TPSA) is 123 Å². The van der Waals surface area contributed by atoms with E-state index >= 15 is 0 Å². The number of carbonyl (C=O) groups excluding carboxylic acids is 1. The summed E-state index contributed by atoms with van der Waals surface area (Å²) in [7, 11) is 3.17. The zero-order valence-electron chi connectivity index (χ0n) is 10.3. The number of nitrogens with zero attached hydrogens (tertiary/aromatic N) is 2. The Balaban J connectivity index is 2.93. The molecule has 4 N–H and O–H groups in total. The fraction of sp³-hybridized carbons (Fsp3) is 0.556. The van der Waals surface area contributed by atoms with E-state index in [-0.39, 0.29) is 5.75 Å². The van der Waals surface area contributed by atoms with Gasteiger partial charge < -0.3 is 11.1 Å². The zero-order valence-corrected chi connectivity index (χ0v) is 11.1. The lowest BCUT2D eigenvalue weighted by Crippen LogP contribution is -2.53. The van der Waals surface area contributed by atoms with Crippen molar-refractivity contribution in [1.82, 2.24) is 20.1 Å². The molecule has 1 unspecified atom stereocenters. The number of nitrogens with two attached hydrogens (primary N) is 1. The van der Waals surface area contributed by atoms with Gasteiger partial charge in [-0.15, -0.1) is 0 Å². The molecule has 18 heavy (non-hydrogen) atoms. The van der Waals surface area contributed by atoms with E-state index in [1.807, 2.05) is 0 Å². The predicted octanol–water partition coefficient (Wildman–Crippen LogP) is -1.98. The average Bonchev–Trinajstić information content (AvgIpc) is 2.31. The maximum Gasteiger partial charge on any atom is 0.339 e. The summed E-state index contributed by atoms with van der Waals surface area (Å²) in [6.07, 6.45) is 0. The zero-order chi connectivity index (χ0) is 13.9. The maximum absolute atomic E-state index is 11.3. The van der Waals surface area contributed by atoms with E-state index in [9.17, 15) is 14.4 Å². The highest BCUT2D eigenvalue weighted by Gasteiger charge is 2.29. The molecule has 0 aromatic carbocycles. The Morgan fingerprint density at radius 2 is 2.22 bits per heavy atom. The van der Waals surface area contributed by atoms with Crippen LogP contribution in [0.5, 0.6) is 0 Å². The van der Waals surface area contributed by atoms with Crippen LogP contribution in [0.25, 0.3) is 0 Å². The second kappa shape index (κ2) is 5.36. The summed E-state index contributed by atoms with van der Waals surface area (Å²) < 4.78 is 1.32. The van der Waals surface area contributed by atoms with Crippen LogP contribution in [0.3, 0.4) is 0 Å². The Kier molecular flexibility index (Phi) is 4.30. The van der Waals surface area contributed by atoms with E-state index in [0.717, 1.165) is 11.8 Å². The molecule has 8 nitrogen and oxygen atoms in total. The molecule has 1 rings (SSSR count). The number of rotatable bonds is 5. The summed E-state index contributed by atoms with van der Waals surface area (Å²) >= 11 is 1.15. The second-order valence-electron chi connectivity index (χ2n) is 3.93. The maximum atomic E-state index is 11.3. The smallest absolute Gasteiger partial charge is 0.339 e. The first-order valence-electron chi connectivity index (χ1n) is 5.09. The number of hydrogen-bond acceptors (Lipinski definition) is 6. The number of hydrogen-bond donors (Lipinski definition) is 3. The third kappa shape index (κ3) is 2.99. The number of H-pyrrole nitrogens is 1. The number of carbonyl (C=O) groups is 1. The summed E-state index contributed by atoms with van der Waals surface area (Å²) in [5.74, 6) is -0.225. The molecule has 0 saturated carbocycles. The second-order valence-corrected chi connectivity index (χ2v) is 4.88. The standard InChI is InChI=1S/C9H15N5O3S/c1-9(11-2,7(10)17)4-18-8-12-5(15)6(16)13-14(8)3/h11H,4H2,1-3H3,(H2,10,17)(H,13,16). The molecule has 0 spiro atoms. The minimum atomic E-state index is -0.918. The van der Waals surface area contributed by atoms with Crippen molar-refractivity contribution >= 4 is 17.7 Å². The largest absolute Gasteiger partial charge is 0.368 e. The molecule has 0 aliphatic heterocycles. The lowest BCUT2D eigenvalue weighted by molar-refractivity contribution is -0.122. The number of nitrogens with one attached hydrogen (secondary N) is 2. The molecule has 1 heterocycles. The minimum absolute atomic E-state index is 0.283. The minimum Gasteiger partial charge on any atom is -0.368 e. The van der Waals surface area contributed by atoms with Crippen molar-refractivity contribution in [3.05, 3.63) is 20.7 Å². The van der Waals surface area contributed by atoms with Crippen LogP contribution in [-0.4, -0.2) is 39.0 Å². The van der Waals surface area contributed by atoms with Gasteiger partial charge in [0.2, 0.25) is 5.91 Å². The van der Waals surface area contributed by atoms with Crippen LogP contribution in [0.4, 0.5) is 0 Å². The van der Waals surface area contributed by atoms with Gasteiger partial charge in [-0.25, -0.2) is 0 Å². The first-order valence-corrected chi connectivity index (χ1v) is 6.07. The van der Waals surface area contributed by atoms with Crippen LogP contribution >= 0.6 is 11.8 Å². The highest BCUT2D eigenvalue weighted by atomic mass is 32.2. The van der Waals surface area contributed by atoms with Gasteiger partial charge in [0.15, 0.2) is 5.16 Å².